The SMILES string of the molecule is CCOc1ccccc1NC(=O)c1cc(Cl)nc(Cl)c1. The Kier molecular flexibility index (Phi) is 4.82. The molecule has 1 aromatic carbocycles. The molecule has 6 heteroatoms. The molecule has 1 aromatic heterocycles. The minimum Gasteiger partial charge on any atom is -0.492 e. The number of benzene rings is 1. The molecule has 0 bridgehead atoms. The van der Waals surface area contributed by atoms with E-state index >= 15 is 0 Å². The number of nitrogens with one attached hydrogen (secondary N) is 1. The van der Waals surface area contributed by atoms with E-state index < -0.39 is 0 Å². The van der Waals surface area contributed by atoms with Crippen LogP contribution >= 0.6 is 23.2 Å². The van der Waals surface area contributed by atoms with Crippen LogP contribution in [0.2, 0.25) is 10.3 Å². The van der Waals surface area contributed by atoms with Gasteiger partial charge in [0.05, 0.1) is 12.3 Å². The number of aromatic nitrogens is 1. The van der Waals surface area contributed by atoms with E-state index in [-0.39, 0.29) is 16.2 Å². The molecule has 0 spiro atoms. The van der Waals surface area contributed by atoms with E-state index in [4.69, 9.17) is 27.9 Å². The number of amides is 1. The molecule has 0 saturated carbocycles. The maximum atomic E-state index is 12.2. The normalized spacial score (nSPS) is 10.2. The van der Waals surface area contributed by atoms with E-state index in [1.54, 1.807) is 12.1 Å². The lowest BCUT2D eigenvalue weighted by Crippen LogP contribution is -2.13. The highest BCUT2D eigenvalue weighted by Gasteiger charge is 2.11. The fourth-order valence-corrected chi connectivity index (χ4v) is 2.10. The third-order valence-electron chi connectivity index (χ3n) is 2.46. The highest BCUT2D eigenvalue weighted by molar-refractivity contribution is 6.33. The lowest BCUT2D eigenvalue weighted by Gasteiger charge is -2.11. The first kappa shape index (κ1) is 14.6. The molecule has 1 amide bonds. The van der Waals surface area contributed by atoms with Gasteiger partial charge in [-0.1, -0.05) is 35.3 Å². The van der Waals surface area contributed by atoms with E-state index in [0.29, 0.717) is 23.6 Å². The predicted octanol–water partition coefficient (Wildman–Crippen LogP) is 4.04. The fourth-order valence-electron chi connectivity index (χ4n) is 1.64. The van der Waals surface area contributed by atoms with Crippen LogP contribution in [0.3, 0.4) is 0 Å². The summed E-state index contributed by atoms with van der Waals surface area (Å²) in [7, 11) is 0. The maximum Gasteiger partial charge on any atom is 0.255 e. The van der Waals surface area contributed by atoms with Crippen molar-refractivity contribution in [2.24, 2.45) is 0 Å². The second-order valence-corrected chi connectivity index (χ2v) is 4.66. The van der Waals surface area contributed by atoms with E-state index in [9.17, 15) is 4.79 Å². The lowest BCUT2D eigenvalue weighted by molar-refractivity contribution is 0.102. The van der Waals surface area contributed by atoms with Crippen LogP contribution in [0, 0.1) is 0 Å². The van der Waals surface area contributed by atoms with Crippen LogP contribution in [0.15, 0.2) is 36.4 Å². The Morgan fingerprint density at radius 1 is 1.25 bits per heavy atom. The summed E-state index contributed by atoms with van der Waals surface area (Å²) >= 11 is 11.6. The number of para-hydroxylation sites is 2. The largest absolute Gasteiger partial charge is 0.492 e. The number of ether oxygens (including phenoxy) is 1. The molecule has 1 heterocycles. The molecular formula is C14H12Cl2N2O2. The van der Waals surface area contributed by atoms with Crippen LogP contribution in [-0.4, -0.2) is 17.5 Å². The van der Waals surface area contributed by atoms with Crippen LogP contribution in [-0.2, 0) is 0 Å². The molecule has 20 heavy (non-hydrogen) atoms. The summed E-state index contributed by atoms with van der Waals surface area (Å²) in [5.41, 5.74) is 0.921. The van der Waals surface area contributed by atoms with Crippen LogP contribution in [0.4, 0.5) is 5.69 Å². The van der Waals surface area contributed by atoms with Gasteiger partial charge in [-0.05, 0) is 31.2 Å². The van der Waals surface area contributed by atoms with Gasteiger partial charge in [0, 0.05) is 5.56 Å². The van der Waals surface area contributed by atoms with Crippen molar-refractivity contribution in [1.29, 1.82) is 0 Å². The minimum absolute atomic E-state index is 0.167. The van der Waals surface area contributed by atoms with Crippen molar-refractivity contribution in [2.45, 2.75) is 6.92 Å². The molecule has 2 aromatic rings. The fraction of sp³-hybridized carbons (Fsp3) is 0.143. The number of pyridine rings is 1. The molecule has 4 nitrogen and oxygen atoms in total. The average Bonchev–Trinajstić information content (AvgIpc) is 2.40. The Morgan fingerprint density at radius 2 is 1.90 bits per heavy atom. The predicted molar refractivity (Wildman–Crippen MR) is 79.8 cm³/mol. The zero-order valence-corrected chi connectivity index (χ0v) is 12.2. The Morgan fingerprint density at radius 3 is 2.55 bits per heavy atom. The van der Waals surface area contributed by atoms with Crippen molar-refractivity contribution < 1.29 is 9.53 Å². The molecule has 0 aliphatic carbocycles. The van der Waals surface area contributed by atoms with Gasteiger partial charge in [0.2, 0.25) is 0 Å². The molecule has 2 rings (SSSR count). The standard InChI is InChI=1S/C14H12Cl2N2O2/c1-2-20-11-6-4-3-5-10(11)17-14(19)9-7-12(15)18-13(16)8-9/h3-8H,2H2,1H3,(H,17,19). The average molecular weight is 311 g/mol. The molecule has 0 saturated heterocycles. The number of rotatable bonds is 4. The van der Waals surface area contributed by atoms with Crippen molar-refractivity contribution in [3.8, 4) is 5.75 Å². The molecule has 0 unspecified atom stereocenters. The number of hydrogen-bond acceptors (Lipinski definition) is 3. The van der Waals surface area contributed by atoms with Crippen molar-refractivity contribution in [2.75, 3.05) is 11.9 Å². The van der Waals surface area contributed by atoms with Gasteiger partial charge in [-0.2, -0.15) is 0 Å². The molecular weight excluding hydrogens is 299 g/mol. The van der Waals surface area contributed by atoms with Gasteiger partial charge in [-0.25, -0.2) is 4.98 Å². The molecule has 0 atom stereocenters. The molecule has 0 aliphatic rings. The molecule has 0 fully saturated rings. The Labute approximate surface area is 126 Å². The third-order valence-corrected chi connectivity index (χ3v) is 2.85. The van der Waals surface area contributed by atoms with Gasteiger partial charge < -0.3 is 10.1 Å². The first-order valence-corrected chi connectivity index (χ1v) is 6.72. The summed E-state index contributed by atoms with van der Waals surface area (Å²) in [6.07, 6.45) is 0. The van der Waals surface area contributed by atoms with Crippen LogP contribution < -0.4 is 10.1 Å². The molecule has 0 aliphatic heterocycles. The number of carbonyl (C=O) groups is 1. The Bertz CT molecular complexity index is 612. The quantitative estimate of drug-likeness (QED) is 0.867. The van der Waals surface area contributed by atoms with Crippen molar-refractivity contribution in [1.82, 2.24) is 4.98 Å². The Balaban J connectivity index is 2.23. The van der Waals surface area contributed by atoms with E-state index in [2.05, 4.69) is 10.3 Å². The second-order valence-electron chi connectivity index (χ2n) is 3.88. The summed E-state index contributed by atoms with van der Waals surface area (Å²) in [6, 6.07) is 10.1. The smallest absolute Gasteiger partial charge is 0.255 e. The van der Waals surface area contributed by atoms with Gasteiger partial charge in [0.25, 0.3) is 5.91 Å². The summed E-state index contributed by atoms with van der Waals surface area (Å²) in [5.74, 6) is 0.276. The van der Waals surface area contributed by atoms with Crippen molar-refractivity contribution >= 4 is 34.8 Å². The van der Waals surface area contributed by atoms with Crippen molar-refractivity contribution in [3.05, 3.63) is 52.3 Å². The summed E-state index contributed by atoms with van der Waals surface area (Å²) in [4.78, 5) is 16.0. The Hall–Kier alpha value is -1.78. The number of halogens is 2. The molecule has 104 valence electrons. The van der Waals surface area contributed by atoms with Crippen molar-refractivity contribution in [3.63, 3.8) is 0 Å². The highest BCUT2D eigenvalue weighted by Crippen LogP contribution is 2.25. The molecule has 0 radical (unpaired) electrons. The zero-order chi connectivity index (χ0) is 14.5. The first-order valence-electron chi connectivity index (χ1n) is 5.96. The summed E-state index contributed by atoms with van der Waals surface area (Å²) < 4.78 is 5.44. The van der Waals surface area contributed by atoms with Gasteiger partial charge in [0.1, 0.15) is 16.1 Å². The van der Waals surface area contributed by atoms with Crippen LogP contribution in [0.25, 0.3) is 0 Å². The minimum atomic E-state index is -0.330. The molecule has 1 N–H and O–H groups in total. The van der Waals surface area contributed by atoms with Gasteiger partial charge in [-0.3, -0.25) is 4.79 Å². The van der Waals surface area contributed by atoms with E-state index in [1.807, 2.05) is 19.1 Å². The number of hydrogen-bond donors (Lipinski definition) is 1. The second kappa shape index (κ2) is 6.59. The number of anilines is 1. The van der Waals surface area contributed by atoms with Gasteiger partial charge in [-0.15, -0.1) is 0 Å². The monoisotopic (exact) mass is 310 g/mol. The van der Waals surface area contributed by atoms with Crippen LogP contribution in [0.5, 0.6) is 5.75 Å². The van der Waals surface area contributed by atoms with E-state index in [1.165, 1.54) is 12.1 Å². The van der Waals surface area contributed by atoms with E-state index in [0.717, 1.165) is 0 Å². The topological polar surface area (TPSA) is 51.2 Å². The zero-order valence-electron chi connectivity index (χ0n) is 10.7. The first-order chi connectivity index (χ1) is 9.60. The number of nitrogens with zero attached hydrogens (tertiary/aromatic N) is 1. The summed E-state index contributed by atoms with van der Waals surface area (Å²) in [6.45, 7) is 2.39. The van der Waals surface area contributed by atoms with Crippen LogP contribution in [0.1, 0.15) is 17.3 Å². The highest BCUT2D eigenvalue weighted by atomic mass is 35.5. The van der Waals surface area contributed by atoms with Gasteiger partial charge in [0.15, 0.2) is 0 Å². The third kappa shape index (κ3) is 3.62. The summed E-state index contributed by atoms with van der Waals surface area (Å²) in [5, 5.41) is 3.09. The lowest BCUT2D eigenvalue weighted by atomic mass is 10.2. The number of carbonyl (C=O) groups excluding carboxylic acids is 1. The van der Waals surface area contributed by atoms with Gasteiger partial charge >= 0.3 is 0 Å². The maximum absolute atomic E-state index is 12.2.